The van der Waals surface area contributed by atoms with Crippen LogP contribution >= 0.6 is 11.6 Å². The van der Waals surface area contributed by atoms with E-state index in [-0.39, 0.29) is 17.9 Å². The highest BCUT2D eigenvalue weighted by atomic mass is 35.5. The second kappa shape index (κ2) is 5.62. The molecule has 3 rings (SSSR count). The third-order valence-corrected chi connectivity index (χ3v) is 4.45. The highest BCUT2D eigenvalue weighted by Gasteiger charge is 2.34. The van der Waals surface area contributed by atoms with Gasteiger partial charge in [0, 0.05) is 24.2 Å². The molecular weight excluding hydrogens is 276 g/mol. The molecule has 2 aliphatic heterocycles. The van der Waals surface area contributed by atoms with Crippen LogP contribution in [0, 0.1) is 5.92 Å². The lowest BCUT2D eigenvalue weighted by molar-refractivity contribution is -0.137. The average molecular weight is 295 g/mol. The summed E-state index contributed by atoms with van der Waals surface area (Å²) in [6.07, 6.45) is 2.75. The number of hydrogen-bond acceptors (Lipinski definition) is 3. The van der Waals surface area contributed by atoms with Gasteiger partial charge in [0.15, 0.2) is 0 Å². The zero-order chi connectivity index (χ0) is 14.1. The number of hydrogen-bond donors (Lipinski definition) is 1. The van der Waals surface area contributed by atoms with E-state index in [1.807, 2.05) is 23.1 Å². The molecule has 0 spiro atoms. The van der Waals surface area contributed by atoms with Gasteiger partial charge in [0.25, 0.3) is 0 Å². The van der Waals surface area contributed by atoms with E-state index in [0.717, 1.165) is 30.7 Å². The Morgan fingerprint density at radius 1 is 1.50 bits per heavy atom. The summed E-state index contributed by atoms with van der Waals surface area (Å²) in [6.45, 7) is 1.81. The summed E-state index contributed by atoms with van der Waals surface area (Å²) in [4.78, 5) is 14.6. The summed E-state index contributed by atoms with van der Waals surface area (Å²) >= 11 is 6.01. The van der Waals surface area contributed by atoms with Crippen LogP contribution in [0.25, 0.3) is 0 Å². The Morgan fingerprint density at radius 3 is 3.15 bits per heavy atom. The minimum Gasteiger partial charge on any atom is -0.492 e. The van der Waals surface area contributed by atoms with Gasteiger partial charge in [-0.3, -0.25) is 4.79 Å². The van der Waals surface area contributed by atoms with Gasteiger partial charge in [-0.25, -0.2) is 0 Å². The van der Waals surface area contributed by atoms with Gasteiger partial charge >= 0.3 is 0 Å². The van der Waals surface area contributed by atoms with Crippen molar-refractivity contribution >= 4 is 17.5 Å². The number of fused-ring (bicyclic) bond motifs is 1. The van der Waals surface area contributed by atoms with Crippen LogP contribution in [0.2, 0.25) is 5.02 Å². The number of benzene rings is 1. The van der Waals surface area contributed by atoms with Crippen LogP contribution in [0.4, 0.5) is 0 Å². The van der Waals surface area contributed by atoms with Crippen molar-refractivity contribution in [1.29, 1.82) is 0 Å². The summed E-state index contributed by atoms with van der Waals surface area (Å²) in [5, 5.41) is 0.682. The number of carbonyl (C=O) groups is 1. The number of carbonyl (C=O) groups excluding carboxylic acids is 1. The fourth-order valence-corrected chi connectivity index (χ4v) is 3.32. The number of nitrogens with two attached hydrogens (primary N) is 1. The van der Waals surface area contributed by atoms with E-state index in [0.29, 0.717) is 24.6 Å². The third-order valence-electron chi connectivity index (χ3n) is 4.21. The molecule has 108 valence electrons. The predicted octanol–water partition coefficient (Wildman–Crippen LogP) is 1.84. The molecule has 1 aromatic rings. The second-order valence-electron chi connectivity index (χ2n) is 5.53. The Kier molecular flexibility index (Phi) is 3.85. The fourth-order valence-electron chi connectivity index (χ4n) is 3.13. The molecule has 0 radical (unpaired) electrons. The van der Waals surface area contributed by atoms with Gasteiger partial charge in [-0.1, -0.05) is 11.6 Å². The van der Waals surface area contributed by atoms with E-state index in [9.17, 15) is 4.79 Å². The number of ether oxygens (including phenoxy) is 1. The van der Waals surface area contributed by atoms with Gasteiger partial charge in [0.2, 0.25) is 5.91 Å². The van der Waals surface area contributed by atoms with Crippen LogP contribution in [0.5, 0.6) is 5.75 Å². The van der Waals surface area contributed by atoms with Gasteiger partial charge in [0.05, 0.1) is 5.92 Å². The molecule has 1 aromatic carbocycles. The molecule has 2 N–H and O–H groups in total. The first-order valence-electron chi connectivity index (χ1n) is 7.11. The maximum absolute atomic E-state index is 12.6. The van der Waals surface area contributed by atoms with E-state index in [2.05, 4.69) is 0 Å². The maximum Gasteiger partial charge on any atom is 0.229 e. The number of amides is 1. The number of nitrogens with zero attached hydrogens (tertiary/aromatic N) is 1. The molecule has 2 heterocycles. The molecule has 0 aliphatic carbocycles. The first kappa shape index (κ1) is 13.7. The highest BCUT2D eigenvalue weighted by molar-refractivity contribution is 6.30. The molecule has 5 heteroatoms. The molecule has 20 heavy (non-hydrogen) atoms. The summed E-state index contributed by atoms with van der Waals surface area (Å²) in [7, 11) is 0. The zero-order valence-electron chi connectivity index (χ0n) is 11.3. The lowest BCUT2D eigenvalue weighted by Crippen LogP contribution is -2.45. The molecule has 2 atom stereocenters. The van der Waals surface area contributed by atoms with Crippen molar-refractivity contribution in [1.82, 2.24) is 4.90 Å². The molecule has 0 saturated carbocycles. The van der Waals surface area contributed by atoms with E-state index in [1.165, 1.54) is 0 Å². The molecule has 4 nitrogen and oxygen atoms in total. The normalized spacial score (nSPS) is 25.2. The van der Waals surface area contributed by atoms with Crippen molar-refractivity contribution in [2.24, 2.45) is 11.7 Å². The van der Waals surface area contributed by atoms with Crippen LogP contribution in [0.1, 0.15) is 18.4 Å². The predicted molar refractivity (Wildman–Crippen MR) is 77.9 cm³/mol. The Bertz CT molecular complexity index is 521. The lowest BCUT2D eigenvalue weighted by Gasteiger charge is -2.31. The quantitative estimate of drug-likeness (QED) is 0.905. The summed E-state index contributed by atoms with van der Waals surface area (Å²) in [5.41, 5.74) is 6.76. The smallest absolute Gasteiger partial charge is 0.229 e. The Morgan fingerprint density at radius 2 is 2.35 bits per heavy atom. The van der Waals surface area contributed by atoms with E-state index < -0.39 is 0 Å². The topological polar surface area (TPSA) is 55.6 Å². The maximum atomic E-state index is 12.6. The first-order chi connectivity index (χ1) is 9.69. The average Bonchev–Trinajstić information content (AvgIpc) is 2.94. The molecule has 0 bridgehead atoms. The third kappa shape index (κ3) is 2.50. The van der Waals surface area contributed by atoms with E-state index >= 15 is 0 Å². The van der Waals surface area contributed by atoms with Crippen molar-refractivity contribution in [2.45, 2.75) is 25.3 Å². The van der Waals surface area contributed by atoms with Crippen LogP contribution in [0.15, 0.2) is 18.2 Å². The Hall–Kier alpha value is -1.26. The molecular formula is C15H19ClN2O2. The van der Waals surface area contributed by atoms with Crippen molar-refractivity contribution in [3.63, 3.8) is 0 Å². The van der Waals surface area contributed by atoms with Gasteiger partial charge in [-0.2, -0.15) is 0 Å². The summed E-state index contributed by atoms with van der Waals surface area (Å²) in [5.74, 6) is 0.895. The van der Waals surface area contributed by atoms with Crippen LogP contribution in [0.3, 0.4) is 0 Å². The van der Waals surface area contributed by atoms with Crippen LogP contribution < -0.4 is 10.5 Å². The van der Waals surface area contributed by atoms with Gasteiger partial charge < -0.3 is 15.4 Å². The van der Waals surface area contributed by atoms with E-state index in [1.54, 1.807) is 0 Å². The lowest BCUT2D eigenvalue weighted by atomic mass is 9.95. The van der Waals surface area contributed by atoms with Crippen molar-refractivity contribution < 1.29 is 9.53 Å². The van der Waals surface area contributed by atoms with Gasteiger partial charge in [-0.15, -0.1) is 0 Å². The van der Waals surface area contributed by atoms with Crippen molar-refractivity contribution in [3.05, 3.63) is 28.8 Å². The summed E-state index contributed by atoms with van der Waals surface area (Å²) < 4.78 is 5.70. The zero-order valence-corrected chi connectivity index (χ0v) is 12.1. The SMILES string of the molecule is NCC1CCCN1C(=O)C1COc2ccc(Cl)cc2C1. The number of rotatable bonds is 2. The largest absolute Gasteiger partial charge is 0.492 e. The summed E-state index contributed by atoms with van der Waals surface area (Å²) in [6, 6.07) is 5.77. The van der Waals surface area contributed by atoms with E-state index in [4.69, 9.17) is 22.1 Å². The Labute approximate surface area is 123 Å². The highest BCUT2D eigenvalue weighted by Crippen LogP contribution is 2.31. The fraction of sp³-hybridized carbons (Fsp3) is 0.533. The molecule has 1 saturated heterocycles. The molecule has 1 fully saturated rings. The van der Waals surface area contributed by atoms with Crippen molar-refractivity contribution in [3.8, 4) is 5.75 Å². The number of halogens is 1. The standard InChI is InChI=1S/C15H19ClN2O2/c16-12-3-4-14-10(7-12)6-11(9-20-14)15(19)18-5-1-2-13(18)8-17/h3-4,7,11,13H,1-2,5-6,8-9,17H2. The van der Waals surface area contributed by atoms with Crippen LogP contribution in [-0.2, 0) is 11.2 Å². The van der Waals surface area contributed by atoms with Gasteiger partial charge in [0.1, 0.15) is 12.4 Å². The van der Waals surface area contributed by atoms with Gasteiger partial charge in [-0.05, 0) is 43.0 Å². The minimum atomic E-state index is -0.117. The van der Waals surface area contributed by atoms with Crippen LogP contribution in [-0.4, -0.2) is 36.5 Å². The molecule has 0 aromatic heterocycles. The molecule has 1 amide bonds. The monoisotopic (exact) mass is 294 g/mol. The first-order valence-corrected chi connectivity index (χ1v) is 7.48. The molecule has 2 unspecified atom stereocenters. The Balaban J connectivity index is 1.74. The van der Waals surface area contributed by atoms with Crippen molar-refractivity contribution in [2.75, 3.05) is 19.7 Å². The second-order valence-corrected chi connectivity index (χ2v) is 5.96. The number of likely N-dealkylation sites (tertiary alicyclic amines) is 1. The minimum absolute atomic E-state index is 0.117. The molecule has 2 aliphatic rings.